The van der Waals surface area contributed by atoms with Crippen molar-refractivity contribution in [3.8, 4) is 17.1 Å². The van der Waals surface area contributed by atoms with Crippen molar-refractivity contribution >= 4 is 0 Å². The van der Waals surface area contributed by atoms with Crippen LogP contribution in [-0.2, 0) is 6.61 Å². The molecule has 0 fully saturated rings. The van der Waals surface area contributed by atoms with E-state index in [1.54, 1.807) is 18.7 Å². The summed E-state index contributed by atoms with van der Waals surface area (Å²) in [6, 6.07) is 15.5. The lowest BCUT2D eigenvalue weighted by molar-refractivity contribution is 0.306. The van der Waals surface area contributed by atoms with Gasteiger partial charge in [-0.3, -0.25) is 4.98 Å². The summed E-state index contributed by atoms with van der Waals surface area (Å²) in [5.74, 6) is 1.61. The van der Waals surface area contributed by atoms with Crippen LogP contribution in [0.25, 0.3) is 11.3 Å². The highest BCUT2D eigenvalue weighted by molar-refractivity contribution is 5.65. The topological polar surface area (TPSA) is 35.3 Å². The zero-order valence-corrected chi connectivity index (χ0v) is 10.3. The molecule has 19 heavy (non-hydrogen) atoms. The zero-order chi connectivity index (χ0) is 12.9. The molecule has 0 aliphatic rings. The van der Waals surface area contributed by atoms with Crippen molar-refractivity contribution in [3.63, 3.8) is 0 Å². The third-order valence-corrected chi connectivity index (χ3v) is 2.79. The Labute approximate surface area is 111 Å². The Hall–Kier alpha value is -2.55. The summed E-state index contributed by atoms with van der Waals surface area (Å²) < 4.78 is 11.3. The Morgan fingerprint density at radius 3 is 2.74 bits per heavy atom. The third kappa shape index (κ3) is 2.65. The number of benzene rings is 1. The van der Waals surface area contributed by atoms with E-state index in [9.17, 15) is 0 Å². The van der Waals surface area contributed by atoms with Gasteiger partial charge >= 0.3 is 0 Å². The summed E-state index contributed by atoms with van der Waals surface area (Å²) in [5, 5.41) is 0. The maximum atomic E-state index is 5.85. The van der Waals surface area contributed by atoms with E-state index in [1.165, 1.54) is 0 Å². The van der Waals surface area contributed by atoms with E-state index >= 15 is 0 Å². The number of nitrogens with zero attached hydrogens (tertiary/aromatic N) is 1. The Morgan fingerprint density at radius 1 is 1.00 bits per heavy atom. The van der Waals surface area contributed by atoms with Crippen LogP contribution in [0.5, 0.6) is 5.75 Å². The highest BCUT2D eigenvalue weighted by Gasteiger charge is 2.08. The molecule has 3 nitrogen and oxygen atoms in total. The van der Waals surface area contributed by atoms with E-state index in [0.29, 0.717) is 6.61 Å². The maximum absolute atomic E-state index is 5.85. The van der Waals surface area contributed by atoms with Crippen LogP contribution in [0.4, 0.5) is 0 Å². The summed E-state index contributed by atoms with van der Waals surface area (Å²) in [6.45, 7) is 0.492. The fraction of sp³-hybridized carbons (Fsp3) is 0.0625. The average molecular weight is 251 g/mol. The monoisotopic (exact) mass is 251 g/mol. The third-order valence-electron chi connectivity index (χ3n) is 2.79. The Kier molecular flexibility index (Phi) is 3.28. The van der Waals surface area contributed by atoms with Crippen LogP contribution in [0.2, 0.25) is 0 Å². The summed E-state index contributed by atoms with van der Waals surface area (Å²) in [4.78, 5) is 4.07. The standard InChI is InChI=1S/C16H13NO2/c1-2-7-16(14(6-1)15-8-4-10-18-15)19-12-13-5-3-9-17-11-13/h1-11H,12H2. The van der Waals surface area contributed by atoms with Crippen LogP contribution in [0.3, 0.4) is 0 Å². The molecular formula is C16H13NO2. The van der Waals surface area contributed by atoms with Crippen LogP contribution < -0.4 is 4.74 Å². The average Bonchev–Trinajstić information content (AvgIpc) is 3.01. The number of para-hydroxylation sites is 1. The summed E-state index contributed by atoms with van der Waals surface area (Å²) in [7, 11) is 0. The second-order valence-electron chi connectivity index (χ2n) is 4.12. The number of rotatable bonds is 4. The lowest BCUT2D eigenvalue weighted by Gasteiger charge is -2.09. The van der Waals surface area contributed by atoms with Crippen LogP contribution in [0.15, 0.2) is 71.6 Å². The molecule has 0 unspecified atom stereocenters. The maximum Gasteiger partial charge on any atom is 0.137 e. The van der Waals surface area contributed by atoms with Gasteiger partial charge in [0.2, 0.25) is 0 Å². The van der Waals surface area contributed by atoms with Crippen molar-refractivity contribution in [2.45, 2.75) is 6.61 Å². The van der Waals surface area contributed by atoms with Gasteiger partial charge in [-0.1, -0.05) is 18.2 Å². The van der Waals surface area contributed by atoms with Gasteiger partial charge < -0.3 is 9.15 Å². The van der Waals surface area contributed by atoms with Gasteiger partial charge in [-0.2, -0.15) is 0 Å². The Morgan fingerprint density at radius 2 is 1.95 bits per heavy atom. The van der Waals surface area contributed by atoms with Crippen LogP contribution in [0, 0.1) is 0 Å². The van der Waals surface area contributed by atoms with Gasteiger partial charge in [0.1, 0.15) is 18.1 Å². The van der Waals surface area contributed by atoms with Gasteiger partial charge in [-0.25, -0.2) is 0 Å². The first kappa shape index (κ1) is 11.5. The van der Waals surface area contributed by atoms with Gasteiger partial charge in [0, 0.05) is 18.0 Å². The van der Waals surface area contributed by atoms with E-state index in [-0.39, 0.29) is 0 Å². The second-order valence-corrected chi connectivity index (χ2v) is 4.12. The first-order valence-corrected chi connectivity index (χ1v) is 6.08. The molecule has 3 rings (SSSR count). The number of aromatic nitrogens is 1. The fourth-order valence-corrected chi connectivity index (χ4v) is 1.87. The van der Waals surface area contributed by atoms with E-state index in [4.69, 9.17) is 9.15 Å². The zero-order valence-electron chi connectivity index (χ0n) is 10.3. The Balaban J connectivity index is 1.82. The first-order chi connectivity index (χ1) is 9.43. The highest BCUT2D eigenvalue weighted by Crippen LogP contribution is 2.30. The van der Waals surface area contributed by atoms with E-state index < -0.39 is 0 Å². The molecular weight excluding hydrogens is 238 g/mol. The molecule has 1 aromatic carbocycles. The predicted molar refractivity (Wildman–Crippen MR) is 72.7 cm³/mol. The minimum atomic E-state index is 0.492. The van der Waals surface area contributed by atoms with Gasteiger partial charge in [0.05, 0.1) is 11.8 Å². The Bertz CT molecular complexity index is 633. The molecule has 2 heterocycles. The molecule has 3 aromatic rings. The minimum Gasteiger partial charge on any atom is -0.488 e. The number of hydrogen-bond donors (Lipinski definition) is 0. The van der Waals surface area contributed by atoms with Crippen LogP contribution >= 0.6 is 0 Å². The molecule has 0 N–H and O–H groups in total. The SMILES string of the molecule is c1cncc(COc2ccccc2-c2ccco2)c1. The lowest BCUT2D eigenvalue weighted by atomic mass is 10.1. The van der Waals surface area contributed by atoms with E-state index in [1.807, 2.05) is 48.5 Å². The summed E-state index contributed by atoms with van der Waals surface area (Å²) in [5.41, 5.74) is 1.99. The summed E-state index contributed by atoms with van der Waals surface area (Å²) in [6.07, 6.45) is 5.21. The van der Waals surface area contributed by atoms with Gasteiger partial charge in [0.25, 0.3) is 0 Å². The van der Waals surface area contributed by atoms with Crippen molar-refractivity contribution in [2.24, 2.45) is 0 Å². The van der Waals surface area contributed by atoms with Gasteiger partial charge in [-0.05, 0) is 30.3 Å². The fourth-order valence-electron chi connectivity index (χ4n) is 1.87. The van der Waals surface area contributed by atoms with Gasteiger partial charge in [0.15, 0.2) is 0 Å². The molecule has 0 atom stereocenters. The first-order valence-electron chi connectivity index (χ1n) is 6.08. The molecule has 0 aliphatic heterocycles. The molecule has 0 spiro atoms. The molecule has 0 aliphatic carbocycles. The lowest BCUT2D eigenvalue weighted by Crippen LogP contribution is -1.97. The highest BCUT2D eigenvalue weighted by atomic mass is 16.5. The normalized spacial score (nSPS) is 10.3. The molecule has 94 valence electrons. The molecule has 2 aromatic heterocycles. The van der Waals surface area contributed by atoms with Crippen LogP contribution in [-0.4, -0.2) is 4.98 Å². The number of pyridine rings is 1. The minimum absolute atomic E-state index is 0.492. The van der Waals surface area contributed by atoms with E-state index in [2.05, 4.69) is 4.98 Å². The molecule has 0 amide bonds. The largest absolute Gasteiger partial charge is 0.488 e. The van der Waals surface area contributed by atoms with Crippen molar-refractivity contribution in [3.05, 3.63) is 72.8 Å². The van der Waals surface area contributed by atoms with Crippen molar-refractivity contribution in [2.75, 3.05) is 0 Å². The van der Waals surface area contributed by atoms with Gasteiger partial charge in [-0.15, -0.1) is 0 Å². The molecule has 3 heteroatoms. The number of hydrogen-bond acceptors (Lipinski definition) is 3. The number of furan rings is 1. The smallest absolute Gasteiger partial charge is 0.137 e. The predicted octanol–water partition coefficient (Wildman–Crippen LogP) is 3.92. The molecule has 0 saturated carbocycles. The van der Waals surface area contributed by atoms with Crippen LogP contribution in [0.1, 0.15) is 5.56 Å². The number of ether oxygens (including phenoxy) is 1. The van der Waals surface area contributed by atoms with Crippen molar-refractivity contribution < 1.29 is 9.15 Å². The van der Waals surface area contributed by atoms with Crippen molar-refractivity contribution in [1.82, 2.24) is 4.98 Å². The summed E-state index contributed by atoms with van der Waals surface area (Å²) >= 11 is 0. The molecule has 0 bridgehead atoms. The van der Waals surface area contributed by atoms with Crippen molar-refractivity contribution in [1.29, 1.82) is 0 Å². The molecule has 0 radical (unpaired) electrons. The second kappa shape index (κ2) is 5.40. The molecule has 0 saturated heterocycles. The van der Waals surface area contributed by atoms with E-state index in [0.717, 1.165) is 22.6 Å². The quantitative estimate of drug-likeness (QED) is 0.705.